The first kappa shape index (κ1) is 19.4. The molecule has 2 amide bonds. The maximum atomic E-state index is 12.2. The van der Waals surface area contributed by atoms with Gasteiger partial charge in [-0.3, -0.25) is 9.59 Å². The molecule has 0 aliphatic carbocycles. The third-order valence-electron chi connectivity index (χ3n) is 3.75. The minimum Gasteiger partial charge on any atom is -0.496 e. The van der Waals surface area contributed by atoms with Crippen molar-refractivity contribution in [2.45, 2.75) is 0 Å². The van der Waals surface area contributed by atoms with Gasteiger partial charge in [0.2, 0.25) is 5.82 Å². The summed E-state index contributed by atoms with van der Waals surface area (Å²) in [5, 5.41) is 9.49. The highest BCUT2D eigenvalue weighted by atomic mass is 35.5. The van der Waals surface area contributed by atoms with Gasteiger partial charge >= 0.3 is 11.8 Å². The van der Waals surface area contributed by atoms with Gasteiger partial charge in [0.25, 0.3) is 5.91 Å². The summed E-state index contributed by atoms with van der Waals surface area (Å²) in [5.41, 5.74) is 1.05. The van der Waals surface area contributed by atoms with Crippen LogP contribution in [0.2, 0.25) is 5.02 Å². The second kappa shape index (κ2) is 9.01. The minimum atomic E-state index is -0.524. The number of rotatable bonds is 7. The van der Waals surface area contributed by atoms with E-state index in [-0.39, 0.29) is 24.9 Å². The molecule has 2 aromatic carbocycles. The van der Waals surface area contributed by atoms with E-state index >= 15 is 0 Å². The summed E-state index contributed by atoms with van der Waals surface area (Å²) in [4.78, 5) is 28.4. The van der Waals surface area contributed by atoms with E-state index in [9.17, 15) is 9.59 Å². The largest absolute Gasteiger partial charge is 0.496 e. The maximum Gasteiger partial charge on any atom is 0.316 e. The van der Waals surface area contributed by atoms with Crippen molar-refractivity contribution < 1.29 is 18.8 Å². The van der Waals surface area contributed by atoms with Gasteiger partial charge in [0.1, 0.15) is 5.75 Å². The van der Waals surface area contributed by atoms with E-state index in [0.29, 0.717) is 22.2 Å². The van der Waals surface area contributed by atoms with Crippen LogP contribution in [-0.2, 0) is 0 Å². The molecule has 1 heterocycles. The Bertz CT molecular complexity index is 975. The van der Waals surface area contributed by atoms with Crippen molar-refractivity contribution in [3.8, 4) is 17.1 Å². The fourth-order valence-electron chi connectivity index (χ4n) is 2.40. The number of methoxy groups -OCH3 is 1. The van der Waals surface area contributed by atoms with Gasteiger partial charge in [0.15, 0.2) is 0 Å². The molecule has 0 saturated carbocycles. The predicted molar refractivity (Wildman–Crippen MR) is 102 cm³/mol. The van der Waals surface area contributed by atoms with E-state index in [1.54, 1.807) is 12.1 Å². The van der Waals surface area contributed by atoms with Gasteiger partial charge in [-0.05, 0) is 18.2 Å². The molecule has 0 bridgehead atoms. The van der Waals surface area contributed by atoms with Crippen molar-refractivity contribution in [1.82, 2.24) is 20.8 Å². The molecule has 9 heteroatoms. The van der Waals surface area contributed by atoms with Gasteiger partial charge in [-0.15, -0.1) is 0 Å². The average molecular weight is 401 g/mol. The third kappa shape index (κ3) is 4.66. The molecule has 3 rings (SSSR count). The predicted octanol–water partition coefficient (Wildman–Crippen LogP) is 2.56. The van der Waals surface area contributed by atoms with E-state index in [1.165, 1.54) is 13.2 Å². The van der Waals surface area contributed by atoms with Gasteiger partial charge in [-0.2, -0.15) is 4.98 Å². The molecule has 144 valence electrons. The number of benzene rings is 2. The SMILES string of the molecule is COc1ccc(Cl)cc1C(=O)NCCNC(=O)c1nc(-c2ccccc2)no1. The Kier molecular flexibility index (Phi) is 6.23. The molecule has 28 heavy (non-hydrogen) atoms. The van der Waals surface area contributed by atoms with Crippen LogP contribution in [0.4, 0.5) is 0 Å². The van der Waals surface area contributed by atoms with Gasteiger partial charge < -0.3 is 19.9 Å². The summed E-state index contributed by atoms with van der Waals surface area (Å²) in [7, 11) is 1.47. The molecule has 0 aliphatic heterocycles. The second-order valence-corrected chi connectivity index (χ2v) is 6.08. The van der Waals surface area contributed by atoms with Crippen LogP contribution < -0.4 is 15.4 Å². The Hall–Kier alpha value is -3.39. The summed E-state index contributed by atoms with van der Waals surface area (Å²) in [5.74, 6) is -0.305. The van der Waals surface area contributed by atoms with E-state index in [2.05, 4.69) is 20.8 Å². The van der Waals surface area contributed by atoms with Gasteiger partial charge in [0.05, 0.1) is 12.7 Å². The molecule has 0 saturated heterocycles. The highest BCUT2D eigenvalue weighted by Gasteiger charge is 2.16. The van der Waals surface area contributed by atoms with Crippen molar-refractivity contribution in [3.63, 3.8) is 0 Å². The van der Waals surface area contributed by atoms with E-state index in [1.807, 2.05) is 30.3 Å². The molecule has 0 fully saturated rings. The van der Waals surface area contributed by atoms with Crippen LogP contribution in [0, 0.1) is 0 Å². The topological polar surface area (TPSA) is 106 Å². The number of hydrogen-bond donors (Lipinski definition) is 2. The number of halogens is 1. The molecular formula is C19H17ClN4O4. The van der Waals surface area contributed by atoms with Gasteiger partial charge in [-0.25, -0.2) is 0 Å². The molecule has 0 unspecified atom stereocenters. The highest BCUT2D eigenvalue weighted by molar-refractivity contribution is 6.31. The molecule has 0 atom stereocenters. The first-order valence-corrected chi connectivity index (χ1v) is 8.75. The number of aromatic nitrogens is 2. The Morgan fingerprint density at radius 1 is 1.07 bits per heavy atom. The minimum absolute atomic E-state index is 0.151. The number of amides is 2. The van der Waals surface area contributed by atoms with E-state index in [0.717, 1.165) is 5.56 Å². The summed E-state index contributed by atoms with van der Waals surface area (Å²) in [6.07, 6.45) is 0. The van der Waals surface area contributed by atoms with Crippen LogP contribution in [0.5, 0.6) is 5.75 Å². The average Bonchev–Trinajstić information content (AvgIpc) is 3.22. The Morgan fingerprint density at radius 2 is 1.79 bits per heavy atom. The summed E-state index contributed by atoms with van der Waals surface area (Å²) >= 11 is 5.92. The standard InChI is InChI=1S/C19H17ClN4O4/c1-27-15-8-7-13(20)11-14(15)17(25)21-9-10-22-18(26)19-23-16(24-28-19)12-5-3-2-4-6-12/h2-8,11H,9-10H2,1H3,(H,21,25)(H,22,26). The lowest BCUT2D eigenvalue weighted by molar-refractivity contribution is 0.0897. The molecule has 0 spiro atoms. The third-order valence-corrected chi connectivity index (χ3v) is 3.99. The maximum absolute atomic E-state index is 12.2. The van der Waals surface area contributed by atoms with E-state index < -0.39 is 5.91 Å². The summed E-state index contributed by atoms with van der Waals surface area (Å²) in [6, 6.07) is 13.9. The number of nitrogens with one attached hydrogen (secondary N) is 2. The van der Waals surface area contributed by atoms with Crippen LogP contribution in [0.15, 0.2) is 53.1 Å². The van der Waals surface area contributed by atoms with Crippen molar-refractivity contribution in [2.24, 2.45) is 0 Å². The van der Waals surface area contributed by atoms with Crippen LogP contribution in [0.25, 0.3) is 11.4 Å². The molecule has 8 nitrogen and oxygen atoms in total. The van der Waals surface area contributed by atoms with Crippen molar-refractivity contribution in [3.05, 3.63) is 65.0 Å². The molecule has 0 aliphatic rings. The van der Waals surface area contributed by atoms with Gasteiger partial charge in [-0.1, -0.05) is 47.1 Å². The number of ether oxygens (including phenoxy) is 1. The smallest absolute Gasteiger partial charge is 0.316 e. The Labute approximate surface area is 165 Å². The first-order valence-electron chi connectivity index (χ1n) is 8.37. The van der Waals surface area contributed by atoms with E-state index in [4.69, 9.17) is 20.9 Å². The molecule has 3 aromatic rings. The molecular weight excluding hydrogens is 384 g/mol. The van der Waals surface area contributed by atoms with Crippen molar-refractivity contribution in [1.29, 1.82) is 0 Å². The fourth-order valence-corrected chi connectivity index (χ4v) is 2.57. The zero-order valence-corrected chi connectivity index (χ0v) is 15.7. The zero-order valence-electron chi connectivity index (χ0n) is 14.9. The van der Waals surface area contributed by atoms with Crippen LogP contribution in [-0.4, -0.2) is 42.2 Å². The Morgan fingerprint density at radius 3 is 2.50 bits per heavy atom. The lowest BCUT2D eigenvalue weighted by Gasteiger charge is -2.09. The van der Waals surface area contributed by atoms with Crippen molar-refractivity contribution in [2.75, 3.05) is 20.2 Å². The lowest BCUT2D eigenvalue weighted by Crippen LogP contribution is -2.35. The van der Waals surface area contributed by atoms with Crippen LogP contribution in [0.1, 0.15) is 21.0 Å². The van der Waals surface area contributed by atoms with Crippen LogP contribution in [0.3, 0.4) is 0 Å². The normalized spacial score (nSPS) is 10.4. The number of hydrogen-bond acceptors (Lipinski definition) is 6. The lowest BCUT2D eigenvalue weighted by atomic mass is 10.2. The van der Waals surface area contributed by atoms with Crippen molar-refractivity contribution >= 4 is 23.4 Å². The number of carbonyl (C=O) groups excluding carboxylic acids is 2. The second-order valence-electron chi connectivity index (χ2n) is 5.65. The quantitative estimate of drug-likeness (QED) is 0.590. The van der Waals surface area contributed by atoms with Crippen LogP contribution >= 0.6 is 11.6 Å². The van der Waals surface area contributed by atoms with Gasteiger partial charge in [0, 0.05) is 23.7 Å². The number of nitrogens with zero attached hydrogens (tertiary/aromatic N) is 2. The fraction of sp³-hybridized carbons (Fsp3) is 0.158. The summed E-state index contributed by atoms with van der Waals surface area (Å²) < 4.78 is 10.1. The highest BCUT2D eigenvalue weighted by Crippen LogP contribution is 2.22. The first-order chi connectivity index (χ1) is 13.6. The monoisotopic (exact) mass is 400 g/mol. The number of carbonyl (C=O) groups is 2. The molecule has 2 N–H and O–H groups in total. The molecule has 0 radical (unpaired) electrons. The zero-order chi connectivity index (χ0) is 19.9. The molecule has 1 aromatic heterocycles. The summed E-state index contributed by atoms with van der Waals surface area (Å²) in [6.45, 7) is 0.371. The Balaban J connectivity index is 1.50.